The quantitative estimate of drug-likeness (QED) is 0.843. The van der Waals surface area contributed by atoms with Crippen LogP contribution in [0, 0.1) is 0 Å². The van der Waals surface area contributed by atoms with Crippen LogP contribution in [0.15, 0.2) is 24.3 Å². The van der Waals surface area contributed by atoms with E-state index in [4.69, 9.17) is 4.74 Å². The zero-order chi connectivity index (χ0) is 13.0. The summed E-state index contributed by atoms with van der Waals surface area (Å²) in [6.45, 7) is 0.647. The first kappa shape index (κ1) is 12.6. The highest BCUT2D eigenvalue weighted by Crippen LogP contribution is 2.15. The van der Waals surface area contributed by atoms with Gasteiger partial charge in [-0.05, 0) is 37.1 Å². The maximum absolute atomic E-state index is 11.8. The van der Waals surface area contributed by atoms with E-state index in [-0.39, 0.29) is 17.9 Å². The molecule has 5 nitrogen and oxygen atoms in total. The summed E-state index contributed by atoms with van der Waals surface area (Å²) in [6.07, 6.45) is 1.35. The molecule has 18 heavy (non-hydrogen) atoms. The number of amides is 2. The van der Waals surface area contributed by atoms with Crippen LogP contribution in [0.2, 0.25) is 0 Å². The number of ether oxygens (including phenoxy) is 1. The first-order chi connectivity index (χ1) is 8.70. The number of carbonyl (C=O) groups excluding carboxylic acids is 2. The Labute approximate surface area is 106 Å². The van der Waals surface area contributed by atoms with Gasteiger partial charge in [0.1, 0.15) is 6.10 Å². The topological polar surface area (TPSA) is 67.4 Å². The van der Waals surface area contributed by atoms with E-state index >= 15 is 0 Å². The van der Waals surface area contributed by atoms with Crippen molar-refractivity contribution in [3.63, 3.8) is 0 Å². The number of rotatable bonds is 3. The van der Waals surface area contributed by atoms with Gasteiger partial charge in [0.25, 0.3) is 11.8 Å². The molecule has 96 valence electrons. The van der Waals surface area contributed by atoms with Crippen molar-refractivity contribution >= 4 is 17.5 Å². The molecule has 0 radical (unpaired) electrons. The molecule has 5 heteroatoms. The Bertz CT molecular complexity index is 436. The molecular weight excluding hydrogens is 232 g/mol. The second kappa shape index (κ2) is 5.64. The minimum absolute atomic E-state index is 0.125. The van der Waals surface area contributed by atoms with Crippen molar-refractivity contribution in [3.05, 3.63) is 29.8 Å². The zero-order valence-electron chi connectivity index (χ0n) is 10.2. The molecule has 2 amide bonds. The smallest absolute Gasteiger partial charge is 0.253 e. The fourth-order valence-corrected chi connectivity index (χ4v) is 1.86. The van der Waals surface area contributed by atoms with Gasteiger partial charge in [-0.2, -0.15) is 0 Å². The van der Waals surface area contributed by atoms with Crippen molar-refractivity contribution in [2.24, 2.45) is 0 Å². The van der Waals surface area contributed by atoms with Crippen molar-refractivity contribution in [2.45, 2.75) is 18.9 Å². The summed E-state index contributed by atoms with van der Waals surface area (Å²) < 4.78 is 5.29. The summed E-state index contributed by atoms with van der Waals surface area (Å²) in [6, 6.07) is 6.75. The van der Waals surface area contributed by atoms with Crippen LogP contribution in [0.1, 0.15) is 23.2 Å². The SMILES string of the molecule is CNC(=O)c1ccc(NC(=O)[C@@H]2CCCO2)cc1. The number of hydrogen-bond donors (Lipinski definition) is 2. The third-order valence-corrected chi connectivity index (χ3v) is 2.86. The molecule has 0 aliphatic carbocycles. The van der Waals surface area contributed by atoms with Crippen LogP contribution in [0.25, 0.3) is 0 Å². The summed E-state index contributed by atoms with van der Waals surface area (Å²) in [4.78, 5) is 23.1. The van der Waals surface area contributed by atoms with Crippen LogP contribution in [0.3, 0.4) is 0 Å². The lowest BCUT2D eigenvalue weighted by Gasteiger charge is -2.10. The van der Waals surface area contributed by atoms with Gasteiger partial charge in [-0.1, -0.05) is 0 Å². The molecule has 0 bridgehead atoms. The average Bonchev–Trinajstić information content (AvgIpc) is 2.92. The van der Waals surface area contributed by atoms with Crippen molar-refractivity contribution in [1.29, 1.82) is 0 Å². The van der Waals surface area contributed by atoms with Gasteiger partial charge in [0.15, 0.2) is 0 Å². The van der Waals surface area contributed by atoms with Crippen LogP contribution >= 0.6 is 0 Å². The van der Waals surface area contributed by atoms with E-state index in [0.717, 1.165) is 12.8 Å². The Morgan fingerprint density at radius 3 is 2.56 bits per heavy atom. The third-order valence-electron chi connectivity index (χ3n) is 2.86. The molecule has 0 saturated carbocycles. The number of benzene rings is 1. The molecule has 1 aromatic carbocycles. The van der Waals surface area contributed by atoms with Crippen molar-refractivity contribution in [3.8, 4) is 0 Å². The molecule has 1 saturated heterocycles. The summed E-state index contributed by atoms with van der Waals surface area (Å²) in [5.74, 6) is -0.271. The molecule has 0 aromatic heterocycles. The Kier molecular flexibility index (Phi) is 3.94. The molecule has 1 fully saturated rings. The first-order valence-corrected chi connectivity index (χ1v) is 5.95. The Balaban J connectivity index is 1.97. The average molecular weight is 248 g/mol. The lowest BCUT2D eigenvalue weighted by molar-refractivity contribution is -0.124. The van der Waals surface area contributed by atoms with Crippen molar-refractivity contribution < 1.29 is 14.3 Å². The fourth-order valence-electron chi connectivity index (χ4n) is 1.86. The van der Waals surface area contributed by atoms with Gasteiger partial charge in [0, 0.05) is 24.9 Å². The van der Waals surface area contributed by atoms with Crippen molar-refractivity contribution in [1.82, 2.24) is 5.32 Å². The van der Waals surface area contributed by atoms with Crippen LogP contribution < -0.4 is 10.6 Å². The molecule has 2 N–H and O–H groups in total. The summed E-state index contributed by atoms with van der Waals surface area (Å²) in [7, 11) is 1.58. The van der Waals surface area contributed by atoms with Crippen LogP contribution in [-0.2, 0) is 9.53 Å². The highest BCUT2D eigenvalue weighted by Gasteiger charge is 2.23. The van der Waals surface area contributed by atoms with Gasteiger partial charge < -0.3 is 15.4 Å². The summed E-state index contributed by atoms with van der Waals surface area (Å²) in [5, 5.41) is 5.31. The van der Waals surface area contributed by atoms with E-state index in [0.29, 0.717) is 17.9 Å². The molecule has 1 atom stereocenters. The van der Waals surface area contributed by atoms with Crippen LogP contribution in [0.4, 0.5) is 5.69 Å². The molecular formula is C13H16N2O3. The third kappa shape index (κ3) is 2.87. The second-order valence-electron chi connectivity index (χ2n) is 4.15. The minimum atomic E-state index is -0.344. The first-order valence-electron chi connectivity index (χ1n) is 5.95. The minimum Gasteiger partial charge on any atom is -0.368 e. The maximum Gasteiger partial charge on any atom is 0.253 e. The van der Waals surface area contributed by atoms with Crippen LogP contribution in [0.5, 0.6) is 0 Å². The number of carbonyl (C=O) groups is 2. The number of hydrogen-bond acceptors (Lipinski definition) is 3. The van der Waals surface area contributed by atoms with Gasteiger partial charge in [-0.25, -0.2) is 0 Å². The normalized spacial score (nSPS) is 18.4. The Morgan fingerprint density at radius 1 is 1.28 bits per heavy atom. The highest BCUT2D eigenvalue weighted by molar-refractivity contribution is 5.96. The Morgan fingerprint density at radius 2 is 2.00 bits per heavy atom. The van der Waals surface area contributed by atoms with Crippen LogP contribution in [-0.4, -0.2) is 31.6 Å². The monoisotopic (exact) mass is 248 g/mol. The lowest BCUT2D eigenvalue weighted by Crippen LogP contribution is -2.26. The molecule has 0 unspecified atom stereocenters. The van der Waals surface area contributed by atoms with E-state index in [1.54, 1.807) is 31.3 Å². The van der Waals surface area contributed by atoms with E-state index in [1.807, 2.05) is 0 Å². The van der Waals surface area contributed by atoms with Gasteiger partial charge in [0.05, 0.1) is 0 Å². The molecule has 2 rings (SSSR count). The van der Waals surface area contributed by atoms with Gasteiger partial charge in [0.2, 0.25) is 0 Å². The maximum atomic E-state index is 11.8. The molecule has 1 heterocycles. The molecule has 1 aromatic rings. The van der Waals surface area contributed by atoms with Gasteiger partial charge in [-0.3, -0.25) is 9.59 Å². The molecule has 0 spiro atoms. The van der Waals surface area contributed by atoms with E-state index in [2.05, 4.69) is 10.6 Å². The fraction of sp³-hybridized carbons (Fsp3) is 0.385. The number of anilines is 1. The predicted octanol–water partition coefficient (Wildman–Crippen LogP) is 1.16. The van der Waals surface area contributed by atoms with Gasteiger partial charge >= 0.3 is 0 Å². The standard InChI is InChI=1S/C13H16N2O3/c1-14-12(16)9-4-6-10(7-5-9)15-13(17)11-3-2-8-18-11/h4-7,11H,2-3,8H2,1H3,(H,14,16)(H,15,17)/t11-/m0/s1. The Hall–Kier alpha value is -1.88. The summed E-state index contributed by atoms with van der Waals surface area (Å²) in [5.41, 5.74) is 1.23. The predicted molar refractivity (Wildman–Crippen MR) is 67.4 cm³/mol. The lowest BCUT2D eigenvalue weighted by atomic mass is 10.2. The van der Waals surface area contributed by atoms with Crippen molar-refractivity contribution in [2.75, 3.05) is 19.0 Å². The van der Waals surface area contributed by atoms with E-state index in [1.165, 1.54) is 0 Å². The number of nitrogens with one attached hydrogen (secondary N) is 2. The molecule has 1 aliphatic rings. The zero-order valence-corrected chi connectivity index (χ0v) is 10.2. The summed E-state index contributed by atoms with van der Waals surface area (Å²) >= 11 is 0. The highest BCUT2D eigenvalue weighted by atomic mass is 16.5. The van der Waals surface area contributed by atoms with Gasteiger partial charge in [-0.15, -0.1) is 0 Å². The van der Waals surface area contributed by atoms with E-state index < -0.39 is 0 Å². The largest absolute Gasteiger partial charge is 0.368 e. The second-order valence-corrected chi connectivity index (χ2v) is 4.15. The molecule has 1 aliphatic heterocycles. The van der Waals surface area contributed by atoms with E-state index in [9.17, 15) is 9.59 Å².